The van der Waals surface area contributed by atoms with Crippen molar-refractivity contribution in [1.82, 2.24) is 19.5 Å². The van der Waals surface area contributed by atoms with Crippen LogP contribution in [-0.4, -0.2) is 36.3 Å². The number of amides is 1. The molecule has 0 radical (unpaired) electrons. The summed E-state index contributed by atoms with van der Waals surface area (Å²) < 4.78 is 2.41. The van der Waals surface area contributed by atoms with Gasteiger partial charge in [0.1, 0.15) is 23.7 Å². The predicted molar refractivity (Wildman–Crippen MR) is 95.8 cm³/mol. The SMILES string of the molecule is Cn1c([N+](=O)[O-])cnc1/C=N/NC(=O)c1c(O)c2ccccc2n(C)c1=O. The van der Waals surface area contributed by atoms with Crippen molar-refractivity contribution in [2.45, 2.75) is 0 Å². The summed E-state index contributed by atoms with van der Waals surface area (Å²) in [5, 5.41) is 25.1. The fourth-order valence-corrected chi connectivity index (χ4v) is 2.59. The summed E-state index contributed by atoms with van der Waals surface area (Å²) in [7, 11) is 2.90. The van der Waals surface area contributed by atoms with Gasteiger partial charge in [0.15, 0.2) is 0 Å². The molecule has 27 heavy (non-hydrogen) atoms. The number of para-hydroxylation sites is 1. The molecule has 0 saturated heterocycles. The number of aryl methyl sites for hydroxylation is 1. The van der Waals surface area contributed by atoms with Gasteiger partial charge in [0, 0.05) is 12.4 Å². The van der Waals surface area contributed by atoms with Crippen LogP contribution in [0, 0.1) is 10.1 Å². The van der Waals surface area contributed by atoms with Gasteiger partial charge in [0.05, 0.1) is 12.6 Å². The molecule has 2 aromatic heterocycles. The number of nitrogens with zero attached hydrogens (tertiary/aromatic N) is 5. The standard InChI is InChI=1S/C16H14N6O5/c1-20-10-6-4-3-5-9(10)14(23)13(16(20)25)15(24)19-18-7-11-17-8-12(21(11)2)22(26)27/h3-8,23H,1-2H3,(H,19,24)/b18-7+. The van der Waals surface area contributed by atoms with E-state index in [-0.39, 0.29) is 11.6 Å². The molecule has 2 heterocycles. The number of hydrogen-bond donors (Lipinski definition) is 2. The van der Waals surface area contributed by atoms with Gasteiger partial charge in [-0.05, 0) is 17.1 Å². The van der Waals surface area contributed by atoms with Crippen LogP contribution in [0.2, 0.25) is 0 Å². The highest BCUT2D eigenvalue weighted by Crippen LogP contribution is 2.25. The predicted octanol–water partition coefficient (Wildman–Crippen LogP) is 0.650. The van der Waals surface area contributed by atoms with E-state index < -0.39 is 27.7 Å². The molecule has 0 aliphatic carbocycles. The molecule has 11 nitrogen and oxygen atoms in total. The normalized spacial score (nSPS) is 11.2. The zero-order valence-corrected chi connectivity index (χ0v) is 14.3. The van der Waals surface area contributed by atoms with Gasteiger partial charge in [-0.15, -0.1) is 0 Å². The van der Waals surface area contributed by atoms with Crippen LogP contribution in [0.4, 0.5) is 5.82 Å². The molecule has 0 unspecified atom stereocenters. The number of fused-ring (bicyclic) bond motifs is 1. The van der Waals surface area contributed by atoms with Crippen molar-refractivity contribution >= 4 is 28.8 Å². The number of hydrazone groups is 1. The Morgan fingerprint density at radius 1 is 1.33 bits per heavy atom. The van der Waals surface area contributed by atoms with Gasteiger partial charge in [-0.3, -0.25) is 9.59 Å². The van der Waals surface area contributed by atoms with Gasteiger partial charge in [-0.25, -0.2) is 15.0 Å². The Bertz CT molecular complexity index is 1160. The minimum absolute atomic E-state index is 0.123. The van der Waals surface area contributed by atoms with Crippen LogP contribution in [0.25, 0.3) is 10.9 Å². The summed E-state index contributed by atoms with van der Waals surface area (Å²) in [4.78, 5) is 38.7. The summed E-state index contributed by atoms with van der Waals surface area (Å²) in [5.41, 5.74) is 1.45. The van der Waals surface area contributed by atoms with Gasteiger partial charge in [-0.2, -0.15) is 5.10 Å². The van der Waals surface area contributed by atoms with Crippen molar-refractivity contribution < 1.29 is 14.8 Å². The minimum Gasteiger partial charge on any atom is -0.506 e. The minimum atomic E-state index is -0.918. The zero-order chi connectivity index (χ0) is 19.7. The summed E-state index contributed by atoms with van der Waals surface area (Å²) in [6, 6.07) is 6.60. The topological polar surface area (TPSA) is 145 Å². The largest absolute Gasteiger partial charge is 0.506 e. The van der Waals surface area contributed by atoms with Crippen molar-refractivity contribution in [3.8, 4) is 5.75 Å². The van der Waals surface area contributed by atoms with Gasteiger partial charge in [-0.1, -0.05) is 12.1 Å². The summed E-state index contributed by atoms with van der Waals surface area (Å²) in [6.07, 6.45) is 2.14. The van der Waals surface area contributed by atoms with Crippen LogP contribution in [0.15, 0.2) is 40.4 Å². The molecule has 0 aliphatic heterocycles. The lowest BCUT2D eigenvalue weighted by molar-refractivity contribution is -0.391. The van der Waals surface area contributed by atoms with E-state index in [2.05, 4.69) is 15.5 Å². The molecule has 0 saturated carbocycles. The number of aromatic nitrogens is 3. The van der Waals surface area contributed by atoms with E-state index in [9.17, 15) is 24.8 Å². The quantitative estimate of drug-likeness (QED) is 0.392. The molecule has 1 amide bonds. The second kappa shape index (κ2) is 6.71. The highest BCUT2D eigenvalue weighted by Gasteiger charge is 2.21. The molecule has 2 N–H and O–H groups in total. The Balaban J connectivity index is 1.91. The van der Waals surface area contributed by atoms with E-state index in [1.165, 1.54) is 23.2 Å². The highest BCUT2D eigenvalue weighted by molar-refractivity contribution is 6.02. The molecule has 0 spiro atoms. The van der Waals surface area contributed by atoms with Gasteiger partial charge in [0.25, 0.3) is 11.5 Å². The Hall–Kier alpha value is -4.02. The first-order chi connectivity index (χ1) is 12.8. The molecular formula is C16H14N6O5. The lowest BCUT2D eigenvalue weighted by Gasteiger charge is -2.10. The van der Waals surface area contributed by atoms with E-state index in [0.717, 1.165) is 12.4 Å². The fourth-order valence-electron chi connectivity index (χ4n) is 2.59. The first-order valence-electron chi connectivity index (χ1n) is 7.63. The van der Waals surface area contributed by atoms with Crippen molar-refractivity contribution in [1.29, 1.82) is 0 Å². The third-order valence-corrected chi connectivity index (χ3v) is 4.04. The van der Waals surface area contributed by atoms with E-state index in [4.69, 9.17) is 0 Å². The Morgan fingerprint density at radius 3 is 2.70 bits per heavy atom. The maximum atomic E-state index is 12.4. The summed E-state index contributed by atoms with van der Waals surface area (Å²) in [6.45, 7) is 0. The van der Waals surface area contributed by atoms with Crippen molar-refractivity contribution in [2.75, 3.05) is 0 Å². The monoisotopic (exact) mass is 370 g/mol. The number of rotatable bonds is 4. The van der Waals surface area contributed by atoms with Crippen LogP contribution < -0.4 is 11.0 Å². The lowest BCUT2D eigenvalue weighted by Crippen LogP contribution is -2.30. The number of aromatic hydroxyl groups is 1. The number of nitrogens with one attached hydrogen (secondary N) is 1. The van der Waals surface area contributed by atoms with Gasteiger partial charge >= 0.3 is 5.82 Å². The average molecular weight is 370 g/mol. The molecular weight excluding hydrogens is 356 g/mol. The molecule has 1 aromatic carbocycles. The van der Waals surface area contributed by atoms with Gasteiger partial charge in [0.2, 0.25) is 5.82 Å². The van der Waals surface area contributed by atoms with Gasteiger partial charge < -0.3 is 19.8 Å². The van der Waals surface area contributed by atoms with Crippen LogP contribution >= 0.6 is 0 Å². The van der Waals surface area contributed by atoms with Crippen LogP contribution in [-0.2, 0) is 14.1 Å². The lowest BCUT2D eigenvalue weighted by atomic mass is 10.1. The zero-order valence-electron chi connectivity index (χ0n) is 14.3. The van der Waals surface area contributed by atoms with Crippen LogP contribution in [0.1, 0.15) is 16.2 Å². The Labute approximate surface area is 151 Å². The number of carbonyl (C=O) groups is 1. The second-order valence-electron chi connectivity index (χ2n) is 5.59. The molecule has 0 atom stereocenters. The third kappa shape index (κ3) is 3.01. The summed E-state index contributed by atoms with van der Waals surface area (Å²) in [5.74, 6) is -1.49. The molecule has 11 heteroatoms. The number of benzene rings is 1. The van der Waals surface area contributed by atoms with Crippen molar-refractivity contribution in [3.63, 3.8) is 0 Å². The molecule has 3 aromatic rings. The number of carbonyl (C=O) groups excluding carboxylic acids is 1. The van der Waals surface area contributed by atoms with E-state index in [1.54, 1.807) is 24.3 Å². The first kappa shape index (κ1) is 17.8. The van der Waals surface area contributed by atoms with Crippen molar-refractivity contribution in [3.05, 3.63) is 62.3 Å². The number of nitro groups is 1. The Morgan fingerprint density at radius 2 is 2.04 bits per heavy atom. The molecule has 138 valence electrons. The van der Waals surface area contributed by atoms with E-state index in [1.807, 2.05) is 0 Å². The van der Waals surface area contributed by atoms with Crippen molar-refractivity contribution in [2.24, 2.45) is 19.2 Å². The summed E-state index contributed by atoms with van der Waals surface area (Å²) >= 11 is 0. The Kier molecular flexibility index (Phi) is 4.42. The molecule has 0 bridgehead atoms. The number of hydrogen-bond acceptors (Lipinski definition) is 7. The van der Waals surface area contributed by atoms with E-state index in [0.29, 0.717) is 10.9 Å². The van der Waals surface area contributed by atoms with Crippen LogP contribution in [0.5, 0.6) is 5.75 Å². The molecule has 3 rings (SSSR count). The average Bonchev–Trinajstić information content (AvgIpc) is 3.01. The number of imidazole rings is 1. The smallest absolute Gasteiger partial charge is 0.342 e. The molecule has 0 fully saturated rings. The maximum absolute atomic E-state index is 12.4. The highest BCUT2D eigenvalue weighted by atomic mass is 16.6. The second-order valence-corrected chi connectivity index (χ2v) is 5.59. The first-order valence-corrected chi connectivity index (χ1v) is 7.63. The molecule has 0 aliphatic rings. The third-order valence-electron chi connectivity index (χ3n) is 4.04. The maximum Gasteiger partial charge on any atom is 0.342 e. The fraction of sp³-hybridized carbons (Fsp3) is 0.125. The number of pyridine rings is 1. The van der Waals surface area contributed by atoms with E-state index >= 15 is 0 Å². The van der Waals surface area contributed by atoms with Crippen LogP contribution in [0.3, 0.4) is 0 Å².